The van der Waals surface area contributed by atoms with Crippen molar-refractivity contribution in [2.24, 2.45) is 5.92 Å². The summed E-state index contributed by atoms with van der Waals surface area (Å²) in [4.78, 5) is 28.8. The van der Waals surface area contributed by atoms with Crippen LogP contribution in [0, 0.1) is 12.8 Å². The summed E-state index contributed by atoms with van der Waals surface area (Å²) in [6.07, 6.45) is 2.33. The van der Waals surface area contributed by atoms with Crippen molar-refractivity contribution in [3.8, 4) is 0 Å². The summed E-state index contributed by atoms with van der Waals surface area (Å²) in [7, 11) is 2.11. The van der Waals surface area contributed by atoms with Gasteiger partial charge in [0.1, 0.15) is 0 Å². The fourth-order valence-electron chi connectivity index (χ4n) is 3.49. The summed E-state index contributed by atoms with van der Waals surface area (Å²) < 4.78 is 0. The molecule has 2 aliphatic rings. The van der Waals surface area contributed by atoms with Crippen molar-refractivity contribution >= 4 is 11.8 Å². The third-order valence-electron chi connectivity index (χ3n) is 5.14. The van der Waals surface area contributed by atoms with Crippen LogP contribution in [0.5, 0.6) is 0 Å². The zero-order valence-electron chi connectivity index (χ0n) is 14.6. The van der Waals surface area contributed by atoms with Crippen LogP contribution in [0.15, 0.2) is 24.3 Å². The van der Waals surface area contributed by atoms with E-state index < -0.39 is 0 Å². The molecule has 0 aliphatic carbocycles. The lowest BCUT2D eigenvalue weighted by atomic mass is 10.0. The van der Waals surface area contributed by atoms with Crippen LogP contribution in [0.1, 0.15) is 30.4 Å². The van der Waals surface area contributed by atoms with Crippen molar-refractivity contribution in [1.82, 2.24) is 15.1 Å². The van der Waals surface area contributed by atoms with Crippen molar-refractivity contribution < 1.29 is 9.59 Å². The average molecular weight is 329 g/mol. The molecule has 0 spiro atoms. The van der Waals surface area contributed by atoms with Gasteiger partial charge in [0.2, 0.25) is 11.8 Å². The number of hydrogen-bond acceptors (Lipinski definition) is 3. The van der Waals surface area contributed by atoms with Gasteiger partial charge in [0.05, 0.1) is 5.92 Å². The molecule has 5 nitrogen and oxygen atoms in total. The number of nitrogens with one attached hydrogen (secondary N) is 1. The van der Waals surface area contributed by atoms with Crippen LogP contribution in [0.2, 0.25) is 0 Å². The Labute approximate surface area is 144 Å². The first-order chi connectivity index (χ1) is 11.5. The minimum Gasteiger partial charge on any atom is -0.353 e. The van der Waals surface area contributed by atoms with Crippen LogP contribution >= 0.6 is 0 Å². The molecule has 0 saturated carbocycles. The lowest BCUT2D eigenvalue weighted by Gasteiger charge is -2.30. The number of nitrogens with zero attached hydrogens (tertiary/aromatic N) is 2. The van der Waals surface area contributed by atoms with E-state index in [1.807, 2.05) is 11.8 Å². The Bertz CT molecular complexity index is 591. The third kappa shape index (κ3) is 4.15. The number of likely N-dealkylation sites (tertiary alicyclic amines) is 2. The van der Waals surface area contributed by atoms with Crippen molar-refractivity contribution in [3.63, 3.8) is 0 Å². The van der Waals surface area contributed by atoms with E-state index in [4.69, 9.17) is 0 Å². The highest BCUT2D eigenvalue weighted by molar-refractivity contribution is 5.89. The highest BCUT2D eigenvalue weighted by atomic mass is 16.2. The summed E-state index contributed by atoms with van der Waals surface area (Å²) in [5.41, 5.74) is 2.33. The van der Waals surface area contributed by atoms with Gasteiger partial charge in [-0.1, -0.05) is 29.8 Å². The Hall–Kier alpha value is -1.88. The first kappa shape index (κ1) is 17.0. The molecule has 5 heteroatoms. The molecule has 0 unspecified atom stereocenters. The molecule has 2 fully saturated rings. The molecule has 1 atom stereocenters. The third-order valence-corrected chi connectivity index (χ3v) is 5.14. The van der Waals surface area contributed by atoms with Gasteiger partial charge in [-0.3, -0.25) is 9.59 Å². The van der Waals surface area contributed by atoms with Crippen LogP contribution in [0.3, 0.4) is 0 Å². The molecule has 0 bridgehead atoms. The Morgan fingerprint density at radius 3 is 2.54 bits per heavy atom. The van der Waals surface area contributed by atoms with Gasteiger partial charge >= 0.3 is 0 Å². The zero-order valence-corrected chi connectivity index (χ0v) is 14.6. The first-order valence-corrected chi connectivity index (χ1v) is 8.83. The lowest BCUT2D eigenvalue weighted by Crippen LogP contribution is -2.45. The molecule has 130 valence electrons. The van der Waals surface area contributed by atoms with Gasteiger partial charge in [-0.05, 0) is 45.5 Å². The fourth-order valence-corrected chi connectivity index (χ4v) is 3.49. The maximum absolute atomic E-state index is 12.5. The highest BCUT2D eigenvalue weighted by Crippen LogP contribution is 2.21. The standard InChI is InChI=1S/C19H27N3O2/c1-14-3-5-15(6-4-14)12-22-13-16(11-18(22)23)19(24)20-17-7-9-21(2)10-8-17/h3-6,16-17H,7-13H2,1-2H3,(H,20,24)/t16-/m1/s1. The van der Waals surface area contributed by atoms with Gasteiger partial charge in [0.25, 0.3) is 0 Å². The summed E-state index contributed by atoms with van der Waals surface area (Å²) in [5, 5.41) is 3.15. The normalized spacial score (nSPS) is 22.8. The second kappa shape index (κ2) is 7.34. The maximum Gasteiger partial charge on any atom is 0.225 e. The van der Waals surface area contributed by atoms with Gasteiger partial charge < -0.3 is 15.1 Å². The van der Waals surface area contributed by atoms with Gasteiger partial charge in [-0.25, -0.2) is 0 Å². The lowest BCUT2D eigenvalue weighted by molar-refractivity contribution is -0.129. The monoisotopic (exact) mass is 329 g/mol. The molecule has 3 rings (SSSR count). The number of piperidine rings is 1. The van der Waals surface area contributed by atoms with Gasteiger partial charge in [0, 0.05) is 25.6 Å². The van der Waals surface area contributed by atoms with E-state index in [1.54, 1.807) is 0 Å². The molecule has 2 saturated heterocycles. The quantitative estimate of drug-likeness (QED) is 0.912. The number of amides is 2. The fraction of sp³-hybridized carbons (Fsp3) is 0.579. The Morgan fingerprint density at radius 2 is 1.88 bits per heavy atom. The molecule has 0 aromatic heterocycles. The van der Waals surface area contributed by atoms with E-state index in [1.165, 1.54) is 5.56 Å². The van der Waals surface area contributed by atoms with E-state index in [2.05, 4.69) is 41.5 Å². The van der Waals surface area contributed by atoms with Gasteiger partial charge in [0.15, 0.2) is 0 Å². The number of aryl methyl sites for hydroxylation is 1. The topological polar surface area (TPSA) is 52.7 Å². The van der Waals surface area contributed by atoms with Crippen LogP contribution < -0.4 is 5.32 Å². The number of rotatable bonds is 4. The van der Waals surface area contributed by atoms with Crippen LogP contribution in [0.25, 0.3) is 0 Å². The number of hydrogen-bond donors (Lipinski definition) is 1. The molecule has 2 heterocycles. The van der Waals surface area contributed by atoms with Crippen LogP contribution in [-0.2, 0) is 16.1 Å². The van der Waals surface area contributed by atoms with Gasteiger partial charge in [-0.2, -0.15) is 0 Å². The van der Waals surface area contributed by atoms with E-state index in [-0.39, 0.29) is 23.8 Å². The molecule has 0 radical (unpaired) electrons. The molecule has 2 aliphatic heterocycles. The van der Waals surface area contributed by atoms with Gasteiger partial charge in [-0.15, -0.1) is 0 Å². The summed E-state index contributed by atoms with van der Waals surface area (Å²) in [6.45, 7) is 5.22. The van der Waals surface area contributed by atoms with E-state index in [0.717, 1.165) is 31.5 Å². The van der Waals surface area contributed by atoms with Crippen LogP contribution in [-0.4, -0.2) is 54.3 Å². The van der Waals surface area contributed by atoms with Crippen molar-refractivity contribution in [2.45, 2.75) is 38.8 Å². The minimum atomic E-state index is -0.206. The van der Waals surface area contributed by atoms with Crippen molar-refractivity contribution in [2.75, 3.05) is 26.7 Å². The molecule has 24 heavy (non-hydrogen) atoms. The van der Waals surface area contributed by atoms with Crippen molar-refractivity contribution in [1.29, 1.82) is 0 Å². The predicted molar refractivity (Wildman–Crippen MR) is 93.4 cm³/mol. The molecule has 2 amide bonds. The smallest absolute Gasteiger partial charge is 0.225 e. The van der Waals surface area contributed by atoms with E-state index in [0.29, 0.717) is 19.5 Å². The Kier molecular flexibility index (Phi) is 5.19. The molecule has 1 N–H and O–H groups in total. The van der Waals surface area contributed by atoms with E-state index in [9.17, 15) is 9.59 Å². The Morgan fingerprint density at radius 1 is 1.21 bits per heavy atom. The predicted octanol–water partition coefficient (Wildman–Crippen LogP) is 1.55. The maximum atomic E-state index is 12.5. The molecule has 1 aromatic rings. The Balaban J connectivity index is 1.52. The summed E-state index contributed by atoms with van der Waals surface area (Å²) >= 11 is 0. The summed E-state index contributed by atoms with van der Waals surface area (Å²) in [6, 6.07) is 8.47. The molecular formula is C19H27N3O2. The van der Waals surface area contributed by atoms with Crippen LogP contribution in [0.4, 0.5) is 0 Å². The minimum absolute atomic E-state index is 0.0457. The van der Waals surface area contributed by atoms with E-state index >= 15 is 0 Å². The average Bonchev–Trinajstić information content (AvgIpc) is 2.93. The number of carbonyl (C=O) groups excluding carboxylic acids is 2. The van der Waals surface area contributed by atoms with Crippen molar-refractivity contribution in [3.05, 3.63) is 35.4 Å². The summed E-state index contributed by atoms with van der Waals surface area (Å²) in [5.74, 6) is -0.0778. The largest absolute Gasteiger partial charge is 0.353 e. The zero-order chi connectivity index (χ0) is 17.1. The second-order valence-electron chi connectivity index (χ2n) is 7.25. The highest BCUT2D eigenvalue weighted by Gasteiger charge is 2.35. The number of carbonyl (C=O) groups is 2. The SMILES string of the molecule is Cc1ccc(CN2C[C@H](C(=O)NC3CCN(C)CC3)CC2=O)cc1. The second-order valence-corrected chi connectivity index (χ2v) is 7.25. The molecule has 1 aromatic carbocycles. The first-order valence-electron chi connectivity index (χ1n) is 8.83. The number of benzene rings is 1. The molecular weight excluding hydrogens is 302 g/mol.